The third-order valence-electron chi connectivity index (χ3n) is 5.42. The lowest BCUT2D eigenvalue weighted by Gasteiger charge is -2.30. The summed E-state index contributed by atoms with van der Waals surface area (Å²) in [5.74, 6) is 0.349. The molecule has 0 fully saturated rings. The Balaban J connectivity index is 2.31. The van der Waals surface area contributed by atoms with Crippen LogP contribution in [0.15, 0.2) is 59.5 Å². The number of amides is 1. The van der Waals surface area contributed by atoms with Crippen molar-refractivity contribution in [3.05, 3.63) is 60.2 Å². The van der Waals surface area contributed by atoms with Crippen LogP contribution in [0.3, 0.4) is 0 Å². The van der Waals surface area contributed by atoms with E-state index in [1.54, 1.807) is 24.3 Å². The number of sulfonamides is 1. The number of carboxylic acid groups (broad SMARTS) is 1. The quantitative estimate of drug-likeness (QED) is 0.393. The fraction of sp³-hybridized carbons (Fsp3) is 0.417. The number of nitriles is 1. The third kappa shape index (κ3) is 8.02. The maximum absolute atomic E-state index is 13.5. The first-order valence-corrected chi connectivity index (χ1v) is 12.3. The average molecular weight is 490 g/mol. The summed E-state index contributed by atoms with van der Waals surface area (Å²) in [6.45, 7) is 1.58. The summed E-state index contributed by atoms with van der Waals surface area (Å²) >= 11 is 0. The highest BCUT2D eigenvalue weighted by Crippen LogP contribution is 2.22. The number of carbonyl (C=O) groups is 1. The number of hydrogen-bond acceptors (Lipinski definition) is 6. The highest BCUT2D eigenvalue weighted by molar-refractivity contribution is 7.89. The summed E-state index contributed by atoms with van der Waals surface area (Å²) in [5, 5.41) is 31.4. The second-order valence-electron chi connectivity index (χ2n) is 8.11. The fourth-order valence-corrected chi connectivity index (χ4v) is 5.14. The van der Waals surface area contributed by atoms with E-state index >= 15 is 0 Å². The van der Waals surface area contributed by atoms with Crippen molar-refractivity contribution >= 4 is 16.1 Å². The molecule has 1 amide bonds. The van der Waals surface area contributed by atoms with Crippen LogP contribution in [-0.4, -0.2) is 61.4 Å². The van der Waals surface area contributed by atoms with Crippen molar-refractivity contribution in [2.75, 3.05) is 20.2 Å². The Labute approximate surface area is 200 Å². The SMILES string of the molecule is COc1ccc(S(=O)(=O)N(C[C@H](C)CCC#N)C[C@H](O)[C@H](Cc2ccccc2)NC(=O)O)cc1. The van der Waals surface area contributed by atoms with E-state index in [1.165, 1.54) is 31.4 Å². The molecule has 10 heteroatoms. The second kappa shape index (κ2) is 12.9. The minimum Gasteiger partial charge on any atom is -0.497 e. The minimum atomic E-state index is -4.02. The molecule has 0 spiro atoms. The molecule has 9 nitrogen and oxygen atoms in total. The van der Waals surface area contributed by atoms with Gasteiger partial charge in [0, 0.05) is 19.5 Å². The molecule has 184 valence electrons. The molecular weight excluding hydrogens is 458 g/mol. The minimum absolute atomic E-state index is 0.0267. The van der Waals surface area contributed by atoms with Crippen molar-refractivity contribution in [2.24, 2.45) is 5.92 Å². The standard InChI is InChI=1S/C24H31N3O6S/c1-18(7-6-14-25)16-27(34(31,32)21-12-10-20(33-2)11-13-21)17-23(28)22(26-24(29)30)15-19-8-4-3-5-9-19/h3-5,8-13,18,22-23,26,28H,6-7,15-17H2,1-2H3,(H,29,30)/t18-,22+,23+/m1/s1. The molecule has 0 saturated heterocycles. The number of aliphatic hydroxyl groups excluding tert-OH is 1. The predicted octanol–water partition coefficient (Wildman–Crippen LogP) is 2.87. The molecule has 3 N–H and O–H groups in total. The van der Waals surface area contributed by atoms with Crippen LogP contribution in [0.5, 0.6) is 5.75 Å². The van der Waals surface area contributed by atoms with E-state index < -0.39 is 28.3 Å². The number of benzene rings is 2. The van der Waals surface area contributed by atoms with Crippen molar-refractivity contribution in [1.29, 1.82) is 5.26 Å². The summed E-state index contributed by atoms with van der Waals surface area (Å²) < 4.78 is 33.2. The van der Waals surface area contributed by atoms with Gasteiger partial charge in [0.15, 0.2) is 0 Å². The van der Waals surface area contributed by atoms with E-state index in [9.17, 15) is 23.4 Å². The van der Waals surface area contributed by atoms with E-state index in [2.05, 4.69) is 11.4 Å². The zero-order valence-corrected chi connectivity index (χ0v) is 20.1. The predicted molar refractivity (Wildman–Crippen MR) is 127 cm³/mol. The smallest absolute Gasteiger partial charge is 0.404 e. The van der Waals surface area contributed by atoms with Crippen LogP contribution in [0.25, 0.3) is 0 Å². The van der Waals surface area contributed by atoms with Gasteiger partial charge in [-0.25, -0.2) is 13.2 Å². The zero-order chi connectivity index (χ0) is 25.1. The van der Waals surface area contributed by atoms with Crippen molar-refractivity contribution in [1.82, 2.24) is 9.62 Å². The Bertz CT molecular complexity index is 1050. The Morgan fingerprint density at radius 1 is 1.15 bits per heavy atom. The highest BCUT2D eigenvalue weighted by Gasteiger charge is 2.31. The Kier molecular flexibility index (Phi) is 10.3. The van der Waals surface area contributed by atoms with Gasteiger partial charge in [0.2, 0.25) is 10.0 Å². The lowest BCUT2D eigenvalue weighted by Crippen LogP contribution is -2.50. The first kappa shape index (κ1) is 27.1. The van der Waals surface area contributed by atoms with Crippen LogP contribution in [0.1, 0.15) is 25.3 Å². The molecule has 0 radical (unpaired) electrons. The van der Waals surface area contributed by atoms with Crippen LogP contribution >= 0.6 is 0 Å². The summed E-state index contributed by atoms with van der Waals surface area (Å²) in [6, 6.07) is 16.1. The van der Waals surface area contributed by atoms with Crippen LogP contribution in [0.2, 0.25) is 0 Å². The largest absolute Gasteiger partial charge is 0.497 e. The summed E-state index contributed by atoms with van der Waals surface area (Å²) in [5.41, 5.74) is 0.798. The molecule has 0 aliphatic heterocycles. The normalized spacial score (nSPS) is 14.1. The van der Waals surface area contributed by atoms with Gasteiger partial charge in [-0.2, -0.15) is 9.57 Å². The van der Waals surface area contributed by atoms with E-state index in [-0.39, 0.29) is 36.7 Å². The van der Waals surface area contributed by atoms with Crippen LogP contribution in [-0.2, 0) is 16.4 Å². The number of ether oxygens (including phenoxy) is 1. The number of hydrogen-bond donors (Lipinski definition) is 3. The Morgan fingerprint density at radius 3 is 2.35 bits per heavy atom. The van der Waals surface area contributed by atoms with Gasteiger partial charge in [0.25, 0.3) is 0 Å². The number of nitrogens with one attached hydrogen (secondary N) is 1. The lowest BCUT2D eigenvalue weighted by atomic mass is 10.0. The molecule has 34 heavy (non-hydrogen) atoms. The number of aliphatic hydroxyl groups is 1. The summed E-state index contributed by atoms with van der Waals surface area (Å²) in [4.78, 5) is 11.4. The molecule has 0 unspecified atom stereocenters. The molecule has 0 aliphatic rings. The molecular formula is C24H31N3O6S. The van der Waals surface area contributed by atoms with Crippen molar-refractivity contribution < 1.29 is 28.2 Å². The Morgan fingerprint density at radius 2 is 1.79 bits per heavy atom. The Hall–Kier alpha value is -3.13. The van der Waals surface area contributed by atoms with Gasteiger partial charge in [-0.05, 0) is 48.6 Å². The fourth-order valence-electron chi connectivity index (χ4n) is 3.56. The lowest BCUT2D eigenvalue weighted by molar-refractivity contribution is 0.0973. The van der Waals surface area contributed by atoms with Gasteiger partial charge < -0.3 is 20.3 Å². The molecule has 0 saturated carbocycles. The van der Waals surface area contributed by atoms with E-state index in [1.807, 2.05) is 13.0 Å². The zero-order valence-electron chi connectivity index (χ0n) is 19.3. The van der Waals surface area contributed by atoms with Crippen LogP contribution in [0.4, 0.5) is 4.79 Å². The third-order valence-corrected chi connectivity index (χ3v) is 7.27. The highest BCUT2D eigenvalue weighted by atomic mass is 32.2. The average Bonchev–Trinajstić information content (AvgIpc) is 2.82. The first-order valence-electron chi connectivity index (χ1n) is 10.9. The maximum atomic E-state index is 13.5. The maximum Gasteiger partial charge on any atom is 0.404 e. The molecule has 2 aromatic carbocycles. The van der Waals surface area contributed by atoms with Crippen molar-refractivity contribution in [3.8, 4) is 11.8 Å². The van der Waals surface area contributed by atoms with E-state index in [0.717, 1.165) is 9.87 Å². The van der Waals surface area contributed by atoms with Gasteiger partial charge in [0.1, 0.15) is 5.75 Å². The van der Waals surface area contributed by atoms with Crippen LogP contribution in [0, 0.1) is 17.2 Å². The number of nitrogens with zero attached hydrogens (tertiary/aromatic N) is 2. The molecule has 0 aromatic heterocycles. The monoisotopic (exact) mass is 489 g/mol. The molecule has 3 atom stereocenters. The first-order chi connectivity index (χ1) is 16.2. The van der Waals surface area contributed by atoms with Gasteiger partial charge in [-0.15, -0.1) is 0 Å². The molecule has 2 aromatic rings. The number of rotatable bonds is 13. The van der Waals surface area contributed by atoms with Gasteiger partial charge in [0.05, 0.1) is 30.2 Å². The van der Waals surface area contributed by atoms with Crippen molar-refractivity contribution in [3.63, 3.8) is 0 Å². The topological polar surface area (TPSA) is 140 Å². The second-order valence-corrected chi connectivity index (χ2v) is 10.1. The summed E-state index contributed by atoms with van der Waals surface area (Å²) in [7, 11) is -2.54. The van der Waals surface area contributed by atoms with Crippen molar-refractivity contribution in [2.45, 2.75) is 43.2 Å². The van der Waals surface area contributed by atoms with Gasteiger partial charge in [-0.3, -0.25) is 0 Å². The number of methoxy groups -OCH3 is 1. The molecule has 0 bridgehead atoms. The van der Waals surface area contributed by atoms with Crippen LogP contribution < -0.4 is 10.1 Å². The summed E-state index contributed by atoms with van der Waals surface area (Å²) in [6.07, 6.45) is -1.67. The van der Waals surface area contributed by atoms with Gasteiger partial charge >= 0.3 is 6.09 Å². The molecule has 2 rings (SSSR count). The molecule has 0 heterocycles. The van der Waals surface area contributed by atoms with Gasteiger partial charge in [-0.1, -0.05) is 37.3 Å². The van der Waals surface area contributed by atoms with E-state index in [4.69, 9.17) is 10.00 Å². The molecule has 0 aliphatic carbocycles. The van der Waals surface area contributed by atoms with E-state index in [0.29, 0.717) is 12.2 Å².